The second kappa shape index (κ2) is 8.43. The number of rotatable bonds is 6. The molecule has 120 valence electrons. The third kappa shape index (κ3) is 4.89. The zero-order valence-corrected chi connectivity index (χ0v) is 14.7. The third-order valence-corrected chi connectivity index (χ3v) is 3.80. The molecule has 0 fully saturated rings. The van der Waals surface area contributed by atoms with Crippen LogP contribution in [-0.4, -0.2) is 30.2 Å². The summed E-state index contributed by atoms with van der Waals surface area (Å²) in [5.41, 5.74) is 5.05. The number of nitrogens with zero attached hydrogens (tertiary/aromatic N) is 3. The lowest BCUT2D eigenvalue weighted by Crippen LogP contribution is -2.21. The van der Waals surface area contributed by atoms with Crippen LogP contribution in [0.5, 0.6) is 0 Å². The molecule has 2 rings (SSSR count). The summed E-state index contributed by atoms with van der Waals surface area (Å²) in [6.45, 7) is 6.21. The van der Waals surface area contributed by atoms with E-state index in [0.29, 0.717) is 5.56 Å². The lowest BCUT2D eigenvalue weighted by atomic mass is 10.2. The van der Waals surface area contributed by atoms with Crippen LogP contribution in [0.2, 0.25) is 0 Å². The highest BCUT2D eigenvalue weighted by atomic mass is 79.9. The Hall–Kier alpha value is -2.21. The number of carbonyl (C=O) groups excluding carboxylic acids is 1. The fourth-order valence-corrected chi connectivity index (χ4v) is 2.49. The van der Waals surface area contributed by atoms with Crippen molar-refractivity contribution in [3.8, 4) is 0 Å². The Morgan fingerprint density at radius 2 is 1.96 bits per heavy atom. The van der Waals surface area contributed by atoms with Crippen molar-refractivity contribution in [2.24, 2.45) is 5.10 Å². The molecule has 0 saturated heterocycles. The normalized spacial score (nSPS) is 10.7. The number of hydrazone groups is 1. The molecule has 1 heterocycles. The molecule has 0 aliphatic heterocycles. The van der Waals surface area contributed by atoms with Gasteiger partial charge in [-0.3, -0.25) is 9.78 Å². The average molecular weight is 375 g/mol. The van der Waals surface area contributed by atoms with Crippen molar-refractivity contribution in [1.29, 1.82) is 0 Å². The molecule has 0 saturated carbocycles. The fourth-order valence-electron chi connectivity index (χ4n) is 2.13. The molecule has 5 nitrogen and oxygen atoms in total. The Morgan fingerprint density at radius 3 is 2.57 bits per heavy atom. The van der Waals surface area contributed by atoms with E-state index in [2.05, 4.69) is 62.3 Å². The van der Waals surface area contributed by atoms with Crippen LogP contribution in [0, 0.1) is 0 Å². The molecule has 1 N–H and O–H groups in total. The maximum absolute atomic E-state index is 11.9. The molecular weight excluding hydrogens is 356 g/mol. The summed E-state index contributed by atoms with van der Waals surface area (Å²) in [5, 5.41) is 3.98. The summed E-state index contributed by atoms with van der Waals surface area (Å²) in [6, 6.07) is 9.74. The molecule has 0 aliphatic rings. The topological polar surface area (TPSA) is 57.6 Å². The van der Waals surface area contributed by atoms with Crippen LogP contribution in [0.1, 0.15) is 29.8 Å². The van der Waals surface area contributed by atoms with Crippen molar-refractivity contribution in [3.63, 3.8) is 0 Å². The predicted octanol–water partition coefficient (Wildman–Crippen LogP) is 3.45. The molecule has 1 amide bonds. The van der Waals surface area contributed by atoms with Gasteiger partial charge in [-0.2, -0.15) is 5.10 Å². The Bertz CT molecular complexity index is 681. The van der Waals surface area contributed by atoms with Crippen LogP contribution in [-0.2, 0) is 0 Å². The molecule has 23 heavy (non-hydrogen) atoms. The minimum absolute atomic E-state index is 0.296. The number of anilines is 1. The molecule has 0 radical (unpaired) electrons. The van der Waals surface area contributed by atoms with Gasteiger partial charge in [0, 0.05) is 35.6 Å². The summed E-state index contributed by atoms with van der Waals surface area (Å²) in [5.74, 6) is -0.296. The van der Waals surface area contributed by atoms with E-state index in [1.54, 1.807) is 18.5 Å². The first kappa shape index (κ1) is 17.1. The molecule has 0 aliphatic carbocycles. The number of hydrogen-bond acceptors (Lipinski definition) is 4. The summed E-state index contributed by atoms with van der Waals surface area (Å²) >= 11 is 3.28. The number of aromatic nitrogens is 1. The molecule has 0 spiro atoms. The van der Waals surface area contributed by atoms with Gasteiger partial charge in [-0.25, -0.2) is 5.43 Å². The highest BCUT2D eigenvalue weighted by Gasteiger charge is 2.05. The van der Waals surface area contributed by atoms with E-state index in [0.717, 1.165) is 23.1 Å². The van der Waals surface area contributed by atoms with Crippen LogP contribution in [0.15, 0.2) is 52.3 Å². The first-order valence-corrected chi connectivity index (χ1v) is 8.22. The summed E-state index contributed by atoms with van der Waals surface area (Å²) in [4.78, 5) is 18.1. The summed E-state index contributed by atoms with van der Waals surface area (Å²) in [7, 11) is 0. The van der Waals surface area contributed by atoms with E-state index in [-0.39, 0.29) is 5.91 Å². The molecular formula is C17H19BrN4O. The minimum Gasteiger partial charge on any atom is -0.372 e. The number of hydrogen-bond donors (Lipinski definition) is 1. The van der Waals surface area contributed by atoms with Crippen molar-refractivity contribution >= 4 is 33.7 Å². The Kier molecular flexibility index (Phi) is 6.29. The van der Waals surface area contributed by atoms with Gasteiger partial charge in [0.1, 0.15) is 0 Å². The number of benzene rings is 1. The highest BCUT2D eigenvalue weighted by molar-refractivity contribution is 9.10. The van der Waals surface area contributed by atoms with Crippen molar-refractivity contribution in [3.05, 3.63) is 58.3 Å². The van der Waals surface area contributed by atoms with Crippen LogP contribution in [0.3, 0.4) is 0 Å². The first-order valence-electron chi connectivity index (χ1n) is 7.43. The molecule has 0 bridgehead atoms. The number of halogens is 1. The predicted molar refractivity (Wildman–Crippen MR) is 97.0 cm³/mol. The van der Waals surface area contributed by atoms with Gasteiger partial charge in [-0.15, -0.1) is 0 Å². The minimum atomic E-state index is -0.296. The average Bonchev–Trinajstić information content (AvgIpc) is 2.57. The van der Waals surface area contributed by atoms with Gasteiger partial charge >= 0.3 is 0 Å². The fraction of sp³-hybridized carbons (Fsp3) is 0.235. The molecule has 2 aromatic rings. The summed E-state index contributed by atoms with van der Waals surface area (Å²) in [6.07, 6.45) is 4.74. The number of nitrogens with one attached hydrogen (secondary N) is 1. The second-order valence-electron chi connectivity index (χ2n) is 4.85. The van der Waals surface area contributed by atoms with Crippen molar-refractivity contribution < 1.29 is 4.79 Å². The van der Waals surface area contributed by atoms with Crippen molar-refractivity contribution in [2.45, 2.75) is 13.8 Å². The quantitative estimate of drug-likeness (QED) is 0.622. The molecule has 6 heteroatoms. The number of amides is 1. The van der Waals surface area contributed by atoms with E-state index in [4.69, 9.17) is 0 Å². The lowest BCUT2D eigenvalue weighted by molar-refractivity contribution is 0.0954. The lowest BCUT2D eigenvalue weighted by Gasteiger charge is -2.20. The molecule has 0 atom stereocenters. The largest absolute Gasteiger partial charge is 0.372 e. The Morgan fingerprint density at radius 1 is 1.26 bits per heavy atom. The number of pyridine rings is 1. The number of carbonyl (C=O) groups is 1. The third-order valence-electron chi connectivity index (χ3n) is 3.37. The van der Waals surface area contributed by atoms with Gasteiger partial charge in [-0.1, -0.05) is 12.1 Å². The Balaban J connectivity index is 1.96. The van der Waals surface area contributed by atoms with E-state index in [1.165, 1.54) is 11.9 Å². The van der Waals surface area contributed by atoms with E-state index < -0.39 is 0 Å². The van der Waals surface area contributed by atoms with E-state index in [1.807, 2.05) is 12.1 Å². The first-order chi connectivity index (χ1) is 11.1. The van der Waals surface area contributed by atoms with E-state index >= 15 is 0 Å². The highest BCUT2D eigenvalue weighted by Crippen LogP contribution is 2.14. The zero-order chi connectivity index (χ0) is 16.7. The molecule has 1 aromatic heterocycles. The van der Waals surface area contributed by atoms with Crippen LogP contribution < -0.4 is 10.3 Å². The maximum atomic E-state index is 11.9. The smallest absolute Gasteiger partial charge is 0.272 e. The van der Waals surface area contributed by atoms with Gasteiger partial charge in [0.05, 0.1) is 11.8 Å². The monoisotopic (exact) mass is 374 g/mol. The van der Waals surface area contributed by atoms with Gasteiger partial charge in [0.25, 0.3) is 5.91 Å². The van der Waals surface area contributed by atoms with Crippen molar-refractivity contribution in [1.82, 2.24) is 10.4 Å². The molecule has 0 unspecified atom stereocenters. The van der Waals surface area contributed by atoms with Crippen molar-refractivity contribution in [2.75, 3.05) is 18.0 Å². The van der Waals surface area contributed by atoms with Crippen LogP contribution in [0.4, 0.5) is 5.69 Å². The van der Waals surface area contributed by atoms with Crippen LogP contribution >= 0.6 is 15.9 Å². The SMILES string of the molecule is CCN(CC)c1ccc(/C=N\NC(=O)c2cncc(Br)c2)cc1. The van der Waals surface area contributed by atoms with Gasteiger partial charge < -0.3 is 4.90 Å². The van der Waals surface area contributed by atoms with E-state index in [9.17, 15) is 4.79 Å². The van der Waals surface area contributed by atoms with Gasteiger partial charge in [0.2, 0.25) is 0 Å². The Labute approximate surface area is 144 Å². The summed E-state index contributed by atoms with van der Waals surface area (Å²) < 4.78 is 0.751. The van der Waals surface area contributed by atoms with Gasteiger partial charge in [-0.05, 0) is 53.5 Å². The zero-order valence-electron chi connectivity index (χ0n) is 13.2. The van der Waals surface area contributed by atoms with Gasteiger partial charge in [0.15, 0.2) is 0 Å². The molecule has 1 aromatic carbocycles. The standard InChI is InChI=1S/C17H19BrN4O/c1-3-22(4-2)16-7-5-13(6-8-16)10-20-21-17(23)14-9-15(18)12-19-11-14/h5-12H,3-4H2,1-2H3,(H,21,23)/b20-10-. The van der Waals surface area contributed by atoms with Crippen LogP contribution in [0.25, 0.3) is 0 Å². The maximum Gasteiger partial charge on any atom is 0.272 e. The second-order valence-corrected chi connectivity index (χ2v) is 5.77.